The van der Waals surface area contributed by atoms with Crippen molar-refractivity contribution in [1.29, 1.82) is 0 Å². The first-order chi connectivity index (χ1) is 13.9. The van der Waals surface area contributed by atoms with Crippen LogP contribution in [0, 0.1) is 6.92 Å². The lowest BCUT2D eigenvalue weighted by Gasteiger charge is -2.17. The van der Waals surface area contributed by atoms with Crippen LogP contribution in [0.2, 0.25) is 0 Å². The number of methoxy groups -OCH3 is 1. The molecular formula is C20H21BrN4O3S. The maximum Gasteiger partial charge on any atom is 0.243 e. The SMILES string of the molecule is COc1ccc2nc(SCC(=O)N(C)CC(=O)Nc3ccc(Br)cc3C)[nH]c2c1. The number of rotatable bonds is 7. The summed E-state index contributed by atoms with van der Waals surface area (Å²) >= 11 is 4.69. The number of aromatic amines is 1. The third-order valence-electron chi connectivity index (χ3n) is 4.27. The molecule has 0 aliphatic heterocycles. The number of imidazole rings is 1. The van der Waals surface area contributed by atoms with Crippen LogP contribution in [0.4, 0.5) is 5.69 Å². The minimum atomic E-state index is -0.243. The molecule has 2 N–H and O–H groups in total. The number of carbonyl (C=O) groups excluding carboxylic acids is 2. The van der Waals surface area contributed by atoms with Crippen molar-refractivity contribution in [2.45, 2.75) is 12.1 Å². The first-order valence-corrected chi connectivity index (χ1v) is 10.6. The molecule has 3 aromatic rings. The highest BCUT2D eigenvalue weighted by molar-refractivity contribution is 9.10. The summed E-state index contributed by atoms with van der Waals surface area (Å²) < 4.78 is 6.14. The van der Waals surface area contributed by atoms with Crippen LogP contribution >= 0.6 is 27.7 Å². The second-order valence-electron chi connectivity index (χ2n) is 6.47. The number of aromatic nitrogens is 2. The van der Waals surface area contributed by atoms with Gasteiger partial charge in [0.2, 0.25) is 11.8 Å². The molecule has 0 atom stereocenters. The summed E-state index contributed by atoms with van der Waals surface area (Å²) in [5.74, 6) is 0.515. The van der Waals surface area contributed by atoms with Crippen molar-refractivity contribution >= 4 is 56.2 Å². The molecule has 0 spiro atoms. The fourth-order valence-electron chi connectivity index (χ4n) is 2.66. The zero-order chi connectivity index (χ0) is 21.0. The monoisotopic (exact) mass is 476 g/mol. The van der Waals surface area contributed by atoms with Crippen LogP contribution in [0.3, 0.4) is 0 Å². The first kappa shape index (κ1) is 21.2. The molecule has 1 heterocycles. The van der Waals surface area contributed by atoms with E-state index >= 15 is 0 Å². The predicted molar refractivity (Wildman–Crippen MR) is 119 cm³/mol. The van der Waals surface area contributed by atoms with E-state index < -0.39 is 0 Å². The Bertz CT molecular complexity index is 1050. The van der Waals surface area contributed by atoms with Gasteiger partial charge in [-0.05, 0) is 42.8 Å². The second kappa shape index (κ2) is 9.32. The number of anilines is 1. The summed E-state index contributed by atoms with van der Waals surface area (Å²) in [6.45, 7) is 1.89. The number of likely N-dealkylation sites (N-methyl/N-ethyl adjacent to an activating group) is 1. The van der Waals surface area contributed by atoms with Crippen molar-refractivity contribution in [3.05, 3.63) is 46.4 Å². The zero-order valence-electron chi connectivity index (χ0n) is 16.3. The average Bonchev–Trinajstić information content (AvgIpc) is 3.10. The highest BCUT2D eigenvalue weighted by Crippen LogP contribution is 2.23. The number of thioether (sulfide) groups is 1. The fraction of sp³-hybridized carbons (Fsp3) is 0.250. The van der Waals surface area contributed by atoms with Gasteiger partial charge in [0.15, 0.2) is 5.16 Å². The van der Waals surface area contributed by atoms with Gasteiger partial charge in [0.05, 0.1) is 30.4 Å². The smallest absolute Gasteiger partial charge is 0.243 e. The van der Waals surface area contributed by atoms with Gasteiger partial charge in [-0.25, -0.2) is 4.98 Å². The van der Waals surface area contributed by atoms with Gasteiger partial charge in [-0.1, -0.05) is 27.7 Å². The number of benzene rings is 2. The molecule has 2 aromatic carbocycles. The predicted octanol–water partition coefficient (Wildman–Crippen LogP) is 3.83. The Morgan fingerprint density at radius 2 is 2.07 bits per heavy atom. The second-order valence-corrected chi connectivity index (χ2v) is 8.35. The van der Waals surface area contributed by atoms with Crippen molar-refractivity contribution in [2.75, 3.05) is 31.8 Å². The van der Waals surface area contributed by atoms with Crippen LogP contribution < -0.4 is 10.1 Å². The lowest BCUT2D eigenvalue weighted by atomic mass is 10.2. The lowest BCUT2D eigenvalue weighted by molar-refractivity contribution is -0.131. The summed E-state index contributed by atoms with van der Waals surface area (Å²) in [6.07, 6.45) is 0. The quantitative estimate of drug-likeness (QED) is 0.505. The van der Waals surface area contributed by atoms with E-state index in [-0.39, 0.29) is 24.1 Å². The van der Waals surface area contributed by atoms with Crippen LogP contribution in [0.5, 0.6) is 5.75 Å². The minimum Gasteiger partial charge on any atom is -0.497 e. The Morgan fingerprint density at radius 1 is 1.28 bits per heavy atom. The van der Waals surface area contributed by atoms with Gasteiger partial charge < -0.3 is 19.9 Å². The van der Waals surface area contributed by atoms with Crippen LogP contribution in [0.15, 0.2) is 46.0 Å². The number of fused-ring (bicyclic) bond motifs is 1. The summed E-state index contributed by atoms with van der Waals surface area (Å²) in [5, 5.41) is 3.48. The van der Waals surface area contributed by atoms with E-state index in [0.29, 0.717) is 5.16 Å². The van der Waals surface area contributed by atoms with Crippen LogP contribution in [-0.4, -0.2) is 53.1 Å². The molecule has 0 saturated carbocycles. The molecule has 152 valence electrons. The third kappa shape index (κ3) is 5.51. The van der Waals surface area contributed by atoms with Gasteiger partial charge in [-0.15, -0.1) is 0 Å². The topological polar surface area (TPSA) is 87.3 Å². The largest absolute Gasteiger partial charge is 0.497 e. The van der Waals surface area contributed by atoms with Gasteiger partial charge in [-0.3, -0.25) is 9.59 Å². The van der Waals surface area contributed by atoms with E-state index in [0.717, 1.165) is 32.5 Å². The number of amides is 2. The Kier molecular flexibility index (Phi) is 6.81. The Morgan fingerprint density at radius 3 is 2.79 bits per heavy atom. The molecule has 0 aliphatic carbocycles. The van der Waals surface area contributed by atoms with Crippen LogP contribution in [0.1, 0.15) is 5.56 Å². The Labute approximate surface area is 181 Å². The number of nitrogens with zero attached hydrogens (tertiary/aromatic N) is 2. The number of H-pyrrole nitrogens is 1. The normalized spacial score (nSPS) is 10.8. The molecule has 0 bridgehead atoms. The molecule has 7 nitrogen and oxygen atoms in total. The van der Waals surface area contributed by atoms with Crippen molar-refractivity contribution in [3.63, 3.8) is 0 Å². The van der Waals surface area contributed by atoms with E-state index in [4.69, 9.17) is 4.74 Å². The maximum absolute atomic E-state index is 12.4. The van der Waals surface area contributed by atoms with Crippen molar-refractivity contribution in [3.8, 4) is 5.75 Å². The molecule has 3 rings (SSSR count). The molecule has 2 amide bonds. The lowest BCUT2D eigenvalue weighted by Crippen LogP contribution is -2.36. The molecular weight excluding hydrogens is 456 g/mol. The van der Waals surface area contributed by atoms with Crippen molar-refractivity contribution in [1.82, 2.24) is 14.9 Å². The minimum absolute atomic E-state index is 0.0216. The Balaban J connectivity index is 1.53. The number of nitrogens with one attached hydrogen (secondary N) is 2. The number of ether oxygens (including phenoxy) is 1. The first-order valence-electron chi connectivity index (χ1n) is 8.82. The molecule has 0 fully saturated rings. The zero-order valence-corrected chi connectivity index (χ0v) is 18.7. The fourth-order valence-corrected chi connectivity index (χ4v) is 3.96. The van der Waals surface area contributed by atoms with Crippen molar-refractivity contribution in [2.24, 2.45) is 0 Å². The Hall–Kier alpha value is -2.52. The van der Waals surface area contributed by atoms with Gasteiger partial charge >= 0.3 is 0 Å². The molecule has 0 saturated heterocycles. The third-order valence-corrected chi connectivity index (χ3v) is 5.62. The highest BCUT2D eigenvalue weighted by Gasteiger charge is 2.15. The van der Waals surface area contributed by atoms with Crippen LogP contribution in [-0.2, 0) is 9.59 Å². The molecule has 0 unspecified atom stereocenters. The van der Waals surface area contributed by atoms with E-state index in [2.05, 4.69) is 31.2 Å². The highest BCUT2D eigenvalue weighted by atomic mass is 79.9. The average molecular weight is 477 g/mol. The summed E-state index contributed by atoms with van der Waals surface area (Å²) in [5.41, 5.74) is 3.32. The molecule has 0 radical (unpaired) electrons. The van der Waals surface area contributed by atoms with E-state index in [1.165, 1.54) is 16.7 Å². The van der Waals surface area contributed by atoms with Gasteiger partial charge in [-0.2, -0.15) is 0 Å². The molecule has 29 heavy (non-hydrogen) atoms. The summed E-state index contributed by atoms with van der Waals surface area (Å²) in [4.78, 5) is 33.7. The number of hydrogen-bond acceptors (Lipinski definition) is 5. The van der Waals surface area contributed by atoms with E-state index in [1.54, 1.807) is 14.2 Å². The summed E-state index contributed by atoms with van der Waals surface area (Å²) in [6, 6.07) is 11.2. The number of hydrogen-bond donors (Lipinski definition) is 2. The van der Waals surface area contributed by atoms with Crippen LogP contribution in [0.25, 0.3) is 11.0 Å². The number of halogens is 1. The van der Waals surface area contributed by atoms with Gasteiger partial charge in [0, 0.05) is 23.3 Å². The van der Waals surface area contributed by atoms with Crippen molar-refractivity contribution < 1.29 is 14.3 Å². The summed E-state index contributed by atoms with van der Waals surface area (Å²) in [7, 11) is 3.22. The maximum atomic E-state index is 12.4. The van der Waals surface area contributed by atoms with Gasteiger partial charge in [0.25, 0.3) is 0 Å². The number of carbonyl (C=O) groups is 2. The number of aryl methyl sites for hydroxylation is 1. The molecule has 9 heteroatoms. The van der Waals surface area contributed by atoms with E-state index in [9.17, 15) is 9.59 Å². The standard InChI is InChI=1S/C20H21BrN4O3S/c1-12-8-13(21)4-6-15(12)22-18(26)10-25(2)19(27)11-29-20-23-16-7-5-14(28-3)9-17(16)24-20/h4-9H,10-11H2,1-3H3,(H,22,26)(H,23,24). The molecule has 0 aliphatic rings. The van der Waals surface area contributed by atoms with E-state index in [1.807, 2.05) is 43.3 Å². The molecule has 1 aromatic heterocycles. The van der Waals surface area contributed by atoms with Gasteiger partial charge in [0.1, 0.15) is 5.75 Å².